The summed E-state index contributed by atoms with van der Waals surface area (Å²) < 4.78 is 0. The van der Waals surface area contributed by atoms with E-state index in [0.29, 0.717) is 6.04 Å². The van der Waals surface area contributed by atoms with Gasteiger partial charge in [0, 0.05) is 37.4 Å². The van der Waals surface area contributed by atoms with Gasteiger partial charge in [-0.05, 0) is 17.5 Å². The van der Waals surface area contributed by atoms with E-state index in [2.05, 4.69) is 52.1 Å². The van der Waals surface area contributed by atoms with Crippen LogP contribution in [0.1, 0.15) is 11.7 Å². The second-order valence-corrected chi connectivity index (χ2v) is 4.78. The third-order valence-electron chi connectivity index (χ3n) is 3.64. The van der Waals surface area contributed by atoms with Crippen LogP contribution in [0.15, 0.2) is 43.0 Å². The van der Waals surface area contributed by atoms with Crippen LogP contribution in [-0.2, 0) is 0 Å². The molecule has 0 radical (unpaired) electrons. The molecule has 0 spiro atoms. The maximum atomic E-state index is 4.00. The van der Waals surface area contributed by atoms with Crippen molar-refractivity contribution in [2.45, 2.75) is 6.04 Å². The Morgan fingerprint density at radius 3 is 2.72 bits per heavy atom. The number of benzene rings is 1. The van der Waals surface area contributed by atoms with E-state index < -0.39 is 0 Å². The zero-order chi connectivity index (χ0) is 12.4. The fraction of sp³-hybridized carbons (Fsp3) is 0.333. The highest BCUT2D eigenvalue weighted by Gasteiger charge is 2.20. The van der Waals surface area contributed by atoms with Crippen molar-refractivity contribution in [1.29, 1.82) is 0 Å². The van der Waals surface area contributed by atoms with E-state index in [1.807, 2.05) is 6.08 Å². The lowest BCUT2D eigenvalue weighted by Gasteiger charge is -2.32. The van der Waals surface area contributed by atoms with Crippen LogP contribution in [-0.4, -0.2) is 36.1 Å². The summed E-state index contributed by atoms with van der Waals surface area (Å²) in [5, 5.41) is 4.66. The predicted molar refractivity (Wildman–Crippen MR) is 75.7 cm³/mol. The number of para-hydroxylation sites is 1. The molecule has 2 N–H and O–H groups in total. The number of nitrogens with zero attached hydrogens (tertiary/aromatic N) is 1. The average molecular weight is 241 g/mol. The lowest BCUT2D eigenvalue weighted by Crippen LogP contribution is -2.44. The topological polar surface area (TPSA) is 31.1 Å². The molecule has 18 heavy (non-hydrogen) atoms. The average Bonchev–Trinajstić information content (AvgIpc) is 2.84. The fourth-order valence-electron chi connectivity index (χ4n) is 2.69. The summed E-state index contributed by atoms with van der Waals surface area (Å²) in [5.74, 6) is 0. The molecule has 0 amide bonds. The van der Waals surface area contributed by atoms with Crippen molar-refractivity contribution in [3.63, 3.8) is 0 Å². The van der Waals surface area contributed by atoms with E-state index in [1.165, 1.54) is 16.6 Å². The Balaban J connectivity index is 1.92. The first-order valence-electron chi connectivity index (χ1n) is 6.53. The lowest BCUT2D eigenvalue weighted by atomic mass is 10.1. The number of aromatic amines is 1. The molecule has 1 aliphatic rings. The van der Waals surface area contributed by atoms with E-state index >= 15 is 0 Å². The molecule has 1 atom stereocenters. The first-order chi connectivity index (χ1) is 8.88. The standard InChI is InChI=1S/C15H19N3/c1-2-15(18-9-7-16-8-10-18)14-11-12-5-3-4-6-13(12)17-14/h2-6,11,15-17H,1,7-10H2. The number of piperazine rings is 1. The van der Waals surface area contributed by atoms with Gasteiger partial charge < -0.3 is 10.3 Å². The van der Waals surface area contributed by atoms with Gasteiger partial charge >= 0.3 is 0 Å². The maximum absolute atomic E-state index is 4.00. The van der Waals surface area contributed by atoms with Crippen molar-refractivity contribution in [3.8, 4) is 0 Å². The number of aromatic nitrogens is 1. The number of hydrogen-bond acceptors (Lipinski definition) is 2. The Hall–Kier alpha value is -1.58. The maximum Gasteiger partial charge on any atom is 0.0682 e. The highest BCUT2D eigenvalue weighted by Crippen LogP contribution is 2.25. The largest absolute Gasteiger partial charge is 0.357 e. The summed E-state index contributed by atoms with van der Waals surface area (Å²) >= 11 is 0. The van der Waals surface area contributed by atoms with Gasteiger partial charge in [-0.15, -0.1) is 6.58 Å². The van der Waals surface area contributed by atoms with Crippen LogP contribution in [0.4, 0.5) is 0 Å². The molecule has 94 valence electrons. The second-order valence-electron chi connectivity index (χ2n) is 4.78. The molecule has 1 unspecified atom stereocenters. The van der Waals surface area contributed by atoms with Crippen LogP contribution in [0.2, 0.25) is 0 Å². The molecule has 3 heteroatoms. The molecule has 1 aromatic heterocycles. The monoisotopic (exact) mass is 241 g/mol. The van der Waals surface area contributed by atoms with Crippen molar-refractivity contribution in [1.82, 2.24) is 15.2 Å². The summed E-state index contributed by atoms with van der Waals surface area (Å²) in [6.45, 7) is 8.27. The van der Waals surface area contributed by atoms with Crippen molar-refractivity contribution < 1.29 is 0 Å². The van der Waals surface area contributed by atoms with Crippen LogP contribution in [0.3, 0.4) is 0 Å². The fourth-order valence-corrected chi connectivity index (χ4v) is 2.69. The predicted octanol–water partition coefficient (Wildman–Crippen LogP) is 2.30. The highest BCUT2D eigenvalue weighted by molar-refractivity contribution is 5.80. The van der Waals surface area contributed by atoms with Gasteiger partial charge in [-0.3, -0.25) is 4.90 Å². The van der Waals surface area contributed by atoms with Crippen LogP contribution in [0.25, 0.3) is 10.9 Å². The van der Waals surface area contributed by atoms with Crippen LogP contribution >= 0.6 is 0 Å². The zero-order valence-corrected chi connectivity index (χ0v) is 10.5. The smallest absolute Gasteiger partial charge is 0.0682 e. The molecule has 1 saturated heterocycles. The van der Waals surface area contributed by atoms with Gasteiger partial charge in [0.1, 0.15) is 0 Å². The highest BCUT2D eigenvalue weighted by atomic mass is 15.2. The van der Waals surface area contributed by atoms with E-state index in [9.17, 15) is 0 Å². The minimum atomic E-state index is 0.291. The SMILES string of the molecule is C=CC(c1cc2ccccc2[nH]1)N1CCNCC1. The zero-order valence-electron chi connectivity index (χ0n) is 10.5. The van der Waals surface area contributed by atoms with Gasteiger partial charge in [-0.25, -0.2) is 0 Å². The molecule has 0 aliphatic carbocycles. The Morgan fingerprint density at radius 2 is 2.00 bits per heavy atom. The minimum Gasteiger partial charge on any atom is -0.357 e. The summed E-state index contributed by atoms with van der Waals surface area (Å²) in [5.41, 5.74) is 2.45. The summed E-state index contributed by atoms with van der Waals surface area (Å²) in [6.07, 6.45) is 2.04. The van der Waals surface area contributed by atoms with Gasteiger partial charge in [0.15, 0.2) is 0 Å². The molecule has 1 aliphatic heterocycles. The third-order valence-corrected chi connectivity index (χ3v) is 3.64. The molecule has 2 heterocycles. The number of hydrogen-bond donors (Lipinski definition) is 2. The summed E-state index contributed by atoms with van der Waals surface area (Å²) in [6, 6.07) is 10.9. The molecule has 3 nitrogen and oxygen atoms in total. The van der Waals surface area contributed by atoms with Crippen molar-refractivity contribution >= 4 is 10.9 Å². The number of H-pyrrole nitrogens is 1. The lowest BCUT2D eigenvalue weighted by molar-refractivity contribution is 0.201. The molecule has 2 aromatic rings. The van der Waals surface area contributed by atoms with Crippen molar-refractivity contribution in [3.05, 3.63) is 48.7 Å². The molecular weight excluding hydrogens is 222 g/mol. The third kappa shape index (κ3) is 2.07. The quantitative estimate of drug-likeness (QED) is 0.808. The number of fused-ring (bicyclic) bond motifs is 1. The molecule has 3 rings (SSSR count). The Kier molecular flexibility index (Phi) is 3.17. The minimum absolute atomic E-state index is 0.291. The number of nitrogens with one attached hydrogen (secondary N) is 2. The molecule has 1 fully saturated rings. The Bertz CT molecular complexity index is 504. The first kappa shape index (κ1) is 11.5. The second kappa shape index (κ2) is 4.96. The Labute approximate surface area is 107 Å². The molecule has 0 bridgehead atoms. The van der Waals surface area contributed by atoms with Crippen LogP contribution in [0.5, 0.6) is 0 Å². The number of rotatable bonds is 3. The summed E-state index contributed by atoms with van der Waals surface area (Å²) in [7, 11) is 0. The summed E-state index contributed by atoms with van der Waals surface area (Å²) in [4.78, 5) is 5.98. The normalized spacial score (nSPS) is 18.9. The van der Waals surface area contributed by atoms with Gasteiger partial charge in [0.2, 0.25) is 0 Å². The first-order valence-corrected chi connectivity index (χ1v) is 6.53. The van der Waals surface area contributed by atoms with E-state index in [4.69, 9.17) is 0 Å². The molecular formula is C15H19N3. The van der Waals surface area contributed by atoms with E-state index in [0.717, 1.165) is 26.2 Å². The van der Waals surface area contributed by atoms with Gasteiger partial charge in [-0.2, -0.15) is 0 Å². The van der Waals surface area contributed by atoms with E-state index in [1.54, 1.807) is 0 Å². The molecule has 1 aromatic carbocycles. The molecule has 0 saturated carbocycles. The van der Waals surface area contributed by atoms with Crippen molar-refractivity contribution in [2.75, 3.05) is 26.2 Å². The van der Waals surface area contributed by atoms with Gasteiger partial charge in [0.25, 0.3) is 0 Å². The van der Waals surface area contributed by atoms with Gasteiger partial charge in [0.05, 0.1) is 6.04 Å². The van der Waals surface area contributed by atoms with Crippen LogP contribution < -0.4 is 5.32 Å². The van der Waals surface area contributed by atoms with Crippen LogP contribution in [0, 0.1) is 0 Å². The van der Waals surface area contributed by atoms with Crippen molar-refractivity contribution in [2.24, 2.45) is 0 Å². The Morgan fingerprint density at radius 1 is 1.22 bits per heavy atom. The van der Waals surface area contributed by atoms with Gasteiger partial charge in [-0.1, -0.05) is 24.3 Å². The van der Waals surface area contributed by atoms with E-state index in [-0.39, 0.29) is 0 Å².